The first-order valence-corrected chi connectivity index (χ1v) is 9.12. The Hall–Kier alpha value is -1.05. The largest absolute Gasteiger partial charge is 0.398 e. The van der Waals surface area contributed by atoms with Crippen LogP contribution in [0.2, 0.25) is 0 Å². The van der Waals surface area contributed by atoms with Crippen LogP contribution in [0.25, 0.3) is 0 Å². The van der Waals surface area contributed by atoms with Gasteiger partial charge in [0.25, 0.3) is 10.0 Å². The highest BCUT2D eigenvalue weighted by Crippen LogP contribution is 2.29. The molecule has 21 heavy (non-hydrogen) atoms. The zero-order valence-electron chi connectivity index (χ0n) is 11.4. The maximum absolute atomic E-state index is 12.5. The van der Waals surface area contributed by atoms with E-state index in [1.807, 2.05) is 26.0 Å². The first-order chi connectivity index (χ1) is 9.70. The molecule has 0 bridgehead atoms. The maximum Gasteiger partial charge on any atom is 0.261 e. The average Bonchev–Trinajstić information content (AvgIpc) is 2.37. The van der Waals surface area contributed by atoms with E-state index >= 15 is 0 Å². The zero-order chi connectivity index (χ0) is 15.8. The molecule has 3 N–H and O–H groups in total. The molecule has 4 nitrogen and oxygen atoms in total. The molecule has 0 aliphatic carbocycles. The predicted molar refractivity (Wildman–Crippen MR) is 93.0 cm³/mol. The molecular formula is C14H14Br2N2O2S. The quantitative estimate of drug-likeness (QED) is 0.712. The van der Waals surface area contributed by atoms with E-state index in [1.165, 1.54) is 12.1 Å². The third kappa shape index (κ3) is 3.59. The number of nitrogen functional groups attached to an aromatic ring is 1. The van der Waals surface area contributed by atoms with Crippen LogP contribution in [-0.4, -0.2) is 8.42 Å². The van der Waals surface area contributed by atoms with Gasteiger partial charge in [-0.15, -0.1) is 0 Å². The Morgan fingerprint density at radius 1 is 1.05 bits per heavy atom. The molecule has 0 radical (unpaired) electrons. The molecule has 0 unspecified atom stereocenters. The number of rotatable bonds is 3. The van der Waals surface area contributed by atoms with Crippen LogP contribution in [0, 0.1) is 13.8 Å². The fraction of sp³-hybridized carbons (Fsp3) is 0.143. The second kappa shape index (κ2) is 5.98. The molecule has 112 valence electrons. The van der Waals surface area contributed by atoms with Crippen LogP contribution in [0.1, 0.15) is 11.1 Å². The summed E-state index contributed by atoms with van der Waals surface area (Å²) in [6, 6.07) is 8.25. The Morgan fingerprint density at radius 2 is 1.62 bits per heavy atom. The molecule has 2 aromatic rings. The first-order valence-electron chi connectivity index (χ1n) is 6.05. The van der Waals surface area contributed by atoms with Gasteiger partial charge in [0.2, 0.25) is 0 Å². The van der Waals surface area contributed by atoms with Crippen molar-refractivity contribution in [2.45, 2.75) is 18.7 Å². The molecule has 0 saturated heterocycles. The summed E-state index contributed by atoms with van der Waals surface area (Å²) >= 11 is 6.63. The summed E-state index contributed by atoms with van der Waals surface area (Å²) in [7, 11) is -3.66. The van der Waals surface area contributed by atoms with E-state index in [2.05, 4.69) is 36.6 Å². The highest BCUT2D eigenvalue weighted by atomic mass is 79.9. The lowest BCUT2D eigenvalue weighted by Crippen LogP contribution is -2.15. The Morgan fingerprint density at radius 3 is 2.14 bits per heavy atom. The molecule has 0 saturated carbocycles. The van der Waals surface area contributed by atoms with E-state index in [0.29, 0.717) is 15.8 Å². The van der Waals surface area contributed by atoms with E-state index in [9.17, 15) is 8.42 Å². The standard InChI is InChI=1S/C14H14Br2N2O2S/c1-8-5-10(15)6-9(2)14(8)18-21(19,20)11-3-4-13(17)12(16)7-11/h3-7,18H,17H2,1-2H3. The van der Waals surface area contributed by atoms with Crippen molar-refractivity contribution in [3.05, 3.63) is 50.4 Å². The summed E-state index contributed by atoms with van der Waals surface area (Å²) in [5, 5.41) is 0. The molecule has 0 aliphatic heterocycles. The Labute approximate surface area is 141 Å². The summed E-state index contributed by atoms with van der Waals surface area (Å²) in [5.74, 6) is 0. The van der Waals surface area contributed by atoms with Gasteiger partial charge in [0.1, 0.15) is 0 Å². The number of anilines is 2. The number of sulfonamides is 1. The van der Waals surface area contributed by atoms with Crippen molar-refractivity contribution in [3.8, 4) is 0 Å². The first kappa shape index (κ1) is 16.3. The van der Waals surface area contributed by atoms with Crippen molar-refractivity contribution < 1.29 is 8.42 Å². The number of hydrogen-bond donors (Lipinski definition) is 2. The number of aryl methyl sites for hydroxylation is 2. The number of nitrogens with two attached hydrogens (primary N) is 1. The predicted octanol–water partition coefficient (Wildman–Crippen LogP) is 4.21. The summed E-state index contributed by atoms with van der Waals surface area (Å²) in [5.41, 5.74) is 8.46. The highest BCUT2D eigenvalue weighted by Gasteiger charge is 2.17. The summed E-state index contributed by atoms with van der Waals surface area (Å²) in [4.78, 5) is 0.158. The Balaban J connectivity index is 2.44. The lowest BCUT2D eigenvalue weighted by Gasteiger charge is -2.14. The minimum atomic E-state index is -3.66. The van der Waals surface area contributed by atoms with Crippen molar-refractivity contribution in [1.82, 2.24) is 0 Å². The van der Waals surface area contributed by atoms with Gasteiger partial charge >= 0.3 is 0 Å². The van der Waals surface area contributed by atoms with E-state index < -0.39 is 10.0 Å². The van der Waals surface area contributed by atoms with E-state index in [4.69, 9.17) is 5.73 Å². The number of nitrogens with one attached hydrogen (secondary N) is 1. The smallest absolute Gasteiger partial charge is 0.261 e. The normalized spacial score (nSPS) is 11.4. The Kier molecular flexibility index (Phi) is 4.65. The van der Waals surface area contributed by atoms with Crippen LogP contribution in [0.4, 0.5) is 11.4 Å². The van der Waals surface area contributed by atoms with Crippen LogP contribution < -0.4 is 10.5 Å². The highest BCUT2D eigenvalue weighted by molar-refractivity contribution is 9.10. The molecule has 0 heterocycles. The third-order valence-corrected chi connectivity index (χ3v) is 5.51. The SMILES string of the molecule is Cc1cc(Br)cc(C)c1NS(=O)(=O)c1ccc(N)c(Br)c1. The molecule has 0 aliphatic rings. The third-order valence-electron chi connectivity index (χ3n) is 3.02. The van der Waals surface area contributed by atoms with Gasteiger partial charge in [-0.1, -0.05) is 15.9 Å². The van der Waals surface area contributed by atoms with E-state index in [0.717, 1.165) is 15.6 Å². The van der Waals surface area contributed by atoms with Crippen molar-refractivity contribution in [2.24, 2.45) is 0 Å². The molecule has 7 heteroatoms. The summed E-state index contributed by atoms with van der Waals surface area (Å²) in [6.45, 7) is 3.71. The molecular weight excluding hydrogens is 420 g/mol. The van der Waals surface area contributed by atoms with Gasteiger partial charge < -0.3 is 5.73 Å². The van der Waals surface area contributed by atoms with Gasteiger partial charge in [-0.3, -0.25) is 4.72 Å². The second-order valence-electron chi connectivity index (χ2n) is 4.70. The van der Waals surface area contributed by atoms with E-state index in [1.54, 1.807) is 6.07 Å². The molecule has 2 aromatic carbocycles. The fourth-order valence-electron chi connectivity index (χ4n) is 1.94. The minimum Gasteiger partial charge on any atom is -0.398 e. The monoisotopic (exact) mass is 432 g/mol. The topological polar surface area (TPSA) is 72.2 Å². The molecule has 0 atom stereocenters. The lowest BCUT2D eigenvalue weighted by molar-refractivity contribution is 0.601. The fourth-order valence-corrected chi connectivity index (χ4v) is 4.39. The van der Waals surface area contributed by atoms with E-state index in [-0.39, 0.29) is 4.90 Å². The molecule has 0 amide bonds. The van der Waals surface area contributed by atoms with Crippen molar-refractivity contribution in [3.63, 3.8) is 0 Å². The van der Waals surface area contributed by atoms with Gasteiger partial charge in [-0.05, 0) is 71.2 Å². The number of benzene rings is 2. The maximum atomic E-state index is 12.5. The molecule has 0 aromatic heterocycles. The summed E-state index contributed by atoms with van der Waals surface area (Å²) < 4.78 is 29.0. The van der Waals surface area contributed by atoms with Crippen LogP contribution in [0.3, 0.4) is 0 Å². The van der Waals surface area contributed by atoms with Gasteiger partial charge in [0, 0.05) is 14.6 Å². The molecule has 0 fully saturated rings. The van der Waals surface area contributed by atoms with Crippen LogP contribution >= 0.6 is 31.9 Å². The average molecular weight is 434 g/mol. The van der Waals surface area contributed by atoms with Gasteiger partial charge in [-0.2, -0.15) is 0 Å². The van der Waals surface area contributed by atoms with Gasteiger partial charge in [-0.25, -0.2) is 8.42 Å². The van der Waals surface area contributed by atoms with Crippen molar-refractivity contribution in [1.29, 1.82) is 0 Å². The van der Waals surface area contributed by atoms with Gasteiger partial charge in [0.15, 0.2) is 0 Å². The lowest BCUT2D eigenvalue weighted by atomic mass is 10.1. The van der Waals surface area contributed by atoms with Crippen molar-refractivity contribution >= 4 is 53.3 Å². The summed E-state index contributed by atoms with van der Waals surface area (Å²) in [6.07, 6.45) is 0. The molecule has 2 rings (SSSR count). The number of hydrogen-bond acceptors (Lipinski definition) is 3. The Bertz CT molecular complexity index is 782. The zero-order valence-corrected chi connectivity index (χ0v) is 15.4. The van der Waals surface area contributed by atoms with Crippen LogP contribution in [0.15, 0.2) is 44.2 Å². The van der Waals surface area contributed by atoms with Gasteiger partial charge in [0.05, 0.1) is 10.6 Å². The minimum absolute atomic E-state index is 0.158. The number of halogens is 2. The second-order valence-corrected chi connectivity index (χ2v) is 8.16. The van der Waals surface area contributed by atoms with Crippen molar-refractivity contribution in [2.75, 3.05) is 10.5 Å². The molecule has 0 spiro atoms. The van der Waals surface area contributed by atoms with Crippen LogP contribution in [0.5, 0.6) is 0 Å². The van der Waals surface area contributed by atoms with Crippen LogP contribution in [-0.2, 0) is 10.0 Å².